The van der Waals surface area contributed by atoms with Crippen LogP contribution in [0.15, 0.2) is 17.5 Å². The van der Waals surface area contributed by atoms with E-state index in [4.69, 9.17) is 5.73 Å². The Kier molecular flexibility index (Phi) is 3.47. The minimum Gasteiger partial charge on any atom is -0.321 e. The van der Waals surface area contributed by atoms with Gasteiger partial charge in [0.15, 0.2) is 0 Å². The molecule has 4 heteroatoms. The molecule has 1 aromatic rings. The van der Waals surface area contributed by atoms with Crippen LogP contribution in [0.25, 0.3) is 0 Å². The Morgan fingerprint density at radius 2 is 2.55 bits per heavy atom. The summed E-state index contributed by atoms with van der Waals surface area (Å²) in [5.74, 6) is 0. The van der Waals surface area contributed by atoms with Gasteiger partial charge in [0.05, 0.1) is 6.04 Å². The standard InChI is InChI=1S/C7H8INOS/c8-7(10)6(9)4-5-2-1-3-11-5/h1-3,6H,4,9H2/t6-/m1/s1. The van der Waals surface area contributed by atoms with Crippen LogP contribution in [-0.2, 0) is 11.2 Å². The topological polar surface area (TPSA) is 43.1 Å². The molecule has 0 saturated carbocycles. The van der Waals surface area contributed by atoms with Crippen LogP contribution in [0.5, 0.6) is 0 Å². The molecule has 0 radical (unpaired) electrons. The molecule has 0 aliphatic heterocycles. The molecule has 0 bridgehead atoms. The van der Waals surface area contributed by atoms with Crippen molar-refractivity contribution >= 4 is 37.7 Å². The van der Waals surface area contributed by atoms with Crippen molar-refractivity contribution in [2.75, 3.05) is 0 Å². The number of carbonyl (C=O) groups excluding carboxylic acids is 1. The Balaban J connectivity index is 2.50. The molecule has 0 amide bonds. The maximum absolute atomic E-state index is 10.7. The molecule has 0 saturated heterocycles. The molecule has 0 aliphatic carbocycles. The lowest BCUT2D eigenvalue weighted by atomic mass is 10.2. The van der Waals surface area contributed by atoms with Crippen LogP contribution in [0.4, 0.5) is 0 Å². The Hall–Kier alpha value is 0.0600. The van der Waals surface area contributed by atoms with Crippen LogP contribution < -0.4 is 5.73 Å². The highest BCUT2D eigenvalue weighted by molar-refractivity contribution is 14.1. The van der Waals surface area contributed by atoms with Gasteiger partial charge in [-0.25, -0.2) is 0 Å². The third kappa shape index (κ3) is 2.88. The molecule has 0 spiro atoms. The van der Waals surface area contributed by atoms with Crippen LogP contribution in [-0.4, -0.2) is 9.83 Å². The lowest BCUT2D eigenvalue weighted by Crippen LogP contribution is -2.28. The van der Waals surface area contributed by atoms with Gasteiger partial charge >= 0.3 is 0 Å². The van der Waals surface area contributed by atoms with E-state index in [1.165, 1.54) is 4.88 Å². The van der Waals surface area contributed by atoms with E-state index >= 15 is 0 Å². The molecule has 2 nitrogen and oxygen atoms in total. The highest BCUT2D eigenvalue weighted by atomic mass is 127. The summed E-state index contributed by atoms with van der Waals surface area (Å²) in [6, 6.07) is 3.61. The third-order valence-corrected chi connectivity index (χ3v) is 2.99. The van der Waals surface area contributed by atoms with Gasteiger partial charge in [0.25, 0.3) is 0 Å². The van der Waals surface area contributed by atoms with E-state index in [0.717, 1.165) is 0 Å². The van der Waals surface area contributed by atoms with Crippen LogP contribution in [0, 0.1) is 0 Å². The van der Waals surface area contributed by atoms with E-state index in [1.54, 1.807) is 33.9 Å². The SMILES string of the molecule is N[C@H](Cc1cccs1)C(=O)I. The van der Waals surface area contributed by atoms with Crippen LogP contribution in [0.2, 0.25) is 0 Å². The molecule has 2 N–H and O–H groups in total. The highest BCUT2D eigenvalue weighted by Crippen LogP contribution is 2.11. The van der Waals surface area contributed by atoms with E-state index < -0.39 is 0 Å². The monoisotopic (exact) mass is 281 g/mol. The normalized spacial score (nSPS) is 12.9. The van der Waals surface area contributed by atoms with Crippen LogP contribution in [0.3, 0.4) is 0 Å². The van der Waals surface area contributed by atoms with Gasteiger partial charge in [-0.15, -0.1) is 11.3 Å². The zero-order valence-electron chi connectivity index (χ0n) is 5.79. The van der Waals surface area contributed by atoms with E-state index in [9.17, 15) is 4.79 Å². The van der Waals surface area contributed by atoms with Crippen molar-refractivity contribution < 1.29 is 4.79 Å². The second-order valence-corrected chi connectivity index (χ2v) is 4.29. The molecule has 0 fully saturated rings. The largest absolute Gasteiger partial charge is 0.321 e. The highest BCUT2D eigenvalue weighted by Gasteiger charge is 2.10. The van der Waals surface area contributed by atoms with Gasteiger partial charge in [-0.05, 0) is 11.4 Å². The second-order valence-electron chi connectivity index (χ2n) is 2.19. The van der Waals surface area contributed by atoms with Crippen molar-refractivity contribution in [1.82, 2.24) is 0 Å². The number of carbonyl (C=O) groups is 1. The first-order valence-corrected chi connectivity index (χ1v) is 5.13. The van der Waals surface area contributed by atoms with Gasteiger partial charge < -0.3 is 5.73 Å². The van der Waals surface area contributed by atoms with Crippen LogP contribution in [0.1, 0.15) is 4.88 Å². The number of hydrogen-bond donors (Lipinski definition) is 1. The minimum atomic E-state index is -0.339. The summed E-state index contributed by atoms with van der Waals surface area (Å²) in [6.07, 6.45) is 0.666. The summed E-state index contributed by atoms with van der Waals surface area (Å²) < 4.78 is 0.0241. The van der Waals surface area contributed by atoms with Gasteiger partial charge in [0.2, 0.25) is 3.79 Å². The van der Waals surface area contributed by atoms with Crippen molar-refractivity contribution in [2.24, 2.45) is 5.73 Å². The smallest absolute Gasteiger partial charge is 0.209 e. The van der Waals surface area contributed by atoms with Gasteiger partial charge in [-0.3, -0.25) is 4.79 Å². The Morgan fingerprint density at radius 1 is 1.82 bits per heavy atom. The third-order valence-electron chi connectivity index (χ3n) is 1.29. The maximum atomic E-state index is 10.7. The molecular formula is C7H8INOS. The first kappa shape index (κ1) is 9.15. The van der Waals surface area contributed by atoms with E-state index in [-0.39, 0.29) is 9.83 Å². The van der Waals surface area contributed by atoms with Crippen molar-refractivity contribution in [2.45, 2.75) is 12.5 Å². The molecule has 1 heterocycles. The molecule has 0 aliphatic rings. The zero-order chi connectivity index (χ0) is 8.27. The maximum Gasteiger partial charge on any atom is 0.209 e. The number of thiophene rings is 1. The van der Waals surface area contributed by atoms with Crippen molar-refractivity contribution in [3.63, 3.8) is 0 Å². The van der Waals surface area contributed by atoms with E-state index in [2.05, 4.69) is 0 Å². The van der Waals surface area contributed by atoms with Gasteiger partial charge in [-0.1, -0.05) is 6.07 Å². The van der Waals surface area contributed by atoms with Crippen molar-refractivity contribution in [1.29, 1.82) is 0 Å². The summed E-state index contributed by atoms with van der Waals surface area (Å²) in [7, 11) is 0. The lowest BCUT2D eigenvalue weighted by molar-refractivity contribution is -0.110. The summed E-state index contributed by atoms with van der Waals surface area (Å²) in [4.78, 5) is 11.9. The van der Waals surface area contributed by atoms with Gasteiger partial charge in [-0.2, -0.15) is 0 Å². The van der Waals surface area contributed by atoms with Crippen molar-refractivity contribution in [3.8, 4) is 0 Å². The van der Waals surface area contributed by atoms with E-state index in [1.807, 2.05) is 17.5 Å². The summed E-state index contributed by atoms with van der Waals surface area (Å²) in [6.45, 7) is 0. The number of halogens is 1. The van der Waals surface area contributed by atoms with Gasteiger partial charge in [0, 0.05) is 33.9 Å². The number of hydrogen-bond acceptors (Lipinski definition) is 3. The molecule has 60 valence electrons. The molecule has 11 heavy (non-hydrogen) atoms. The van der Waals surface area contributed by atoms with Gasteiger partial charge in [0.1, 0.15) is 0 Å². The fraction of sp³-hybridized carbons (Fsp3) is 0.286. The molecule has 1 atom stereocenters. The number of rotatable bonds is 3. The van der Waals surface area contributed by atoms with Crippen LogP contribution >= 0.6 is 33.9 Å². The van der Waals surface area contributed by atoms with E-state index in [0.29, 0.717) is 6.42 Å². The Labute approximate surface area is 82.9 Å². The molecular weight excluding hydrogens is 273 g/mol. The predicted octanol–water partition coefficient (Wildman–Crippen LogP) is 1.58. The first-order valence-electron chi connectivity index (χ1n) is 3.17. The Morgan fingerprint density at radius 3 is 3.00 bits per heavy atom. The first-order chi connectivity index (χ1) is 5.20. The Bertz CT molecular complexity index is 235. The molecule has 1 aromatic heterocycles. The molecule has 1 rings (SSSR count). The summed E-state index contributed by atoms with van der Waals surface area (Å²) in [5.41, 5.74) is 5.56. The number of nitrogens with two attached hydrogens (primary N) is 1. The molecule has 0 unspecified atom stereocenters. The fourth-order valence-electron chi connectivity index (χ4n) is 0.726. The predicted molar refractivity (Wildman–Crippen MR) is 55.0 cm³/mol. The minimum absolute atomic E-state index is 0.0241. The van der Waals surface area contributed by atoms with Crippen molar-refractivity contribution in [3.05, 3.63) is 22.4 Å². The lowest BCUT2D eigenvalue weighted by Gasteiger charge is -2.02. The fourth-order valence-corrected chi connectivity index (χ4v) is 1.71. The molecule has 0 aromatic carbocycles. The summed E-state index contributed by atoms with van der Waals surface area (Å²) >= 11 is 3.37. The summed E-state index contributed by atoms with van der Waals surface area (Å²) in [5, 5.41) is 1.99. The quantitative estimate of drug-likeness (QED) is 0.675. The zero-order valence-corrected chi connectivity index (χ0v) is 8.76. The second kappa shape index (κ2) is 4.18. The average Bonchev–Trinajstić information content (AvgIpc) is 2.39. The average molecular weight is 281 g/mol.